The van der Waals surface area contributed by atoms with Crippen LogP contribution in [-0.4, -0.2) is 4.57 Å². The first-order chi connectivity index (χ1) is 31.7. The quantitative estimate of drug-likeness (QED) is 0.162. The van der Waals surface area contributed by atoms with E-state index in [-0.39, 0.29) is 5.41 Å². The van der Waals surface area contributed by atoms with Gasteiger partial charge in [0, 0.05) is 33.7 Å². The van der Waals surface area contributed by atoms with Gasteiger partial charge >= 0.3 is 0 Å². The summed E-state index contributed by atoms with van der Waals surface area (Å²) in [4.78, 5) is 2.48. The summed E-state index contributed by atoms with van der Waals surface area (Å²) in [6, 6.07) is 51.7. The number of anilines is 3. The molecule has 6 aliphatic carbocycles. The fourth-order valence-electron chi connectivity index (χ4n) is 12.2. The van der Waals surface area contributed by atoms with Crippen molar-refractivity contribution in [2.45, 2.75) is 56.9 Å². The molecule has 6 aromatic carbocycles. The highest BCUT2D eigenvalue weighted by Gasteiger charge is 2.52. The summed E-state index contributed by atoms with van der Waals surface area (Å²) in [5.41, 5.74) is 23.6. The van der Waals surface area contributed by atoms with Gasteiger partial charge in [0.25, 0.3) is 0 Å². The molecule has 308 valence electrons. The van der Waals surface area contributed by atoms with Gasteiger partial charge in [-0.2, -0.15) is 0 Å². The largest absolute Gasteiger partial charge is 0.333 e. The Hall–Kier alpha value is -7.16. The minimum atomic E-state index is -0.327. The number of benzene rings is 6. The monoisotopic (exact) mass is 822 g/mol. The number of allylic oxidation sites excluding steroid dienone is 13. The van der Waals surface area contributed by atoms with E-state index in [2.05, 4.69) is 217 Å². The van der Waals surface area contributed by atoms with Gasteiger partial charge < -0.3 is 9.47 Å². The van der Waals surface area contributed by atoms with E-state index in [0.717, 1.165) is 49.9 Å². The zero-order valence-electron chi connectivity index (χ0n) is 36.3. The molecule has 7 aromatic rings. The summed E-state index contributed by atoms with van der Waals surface area (Å²) >= 11 is 0. The molecule has 0 bridgehead atoms. The van der Waals surface area contributed by atoms with Crippen molar-refractivity contribution in [3.05, 3.63) is 239 Å². The molecule has 6 aliphatic rings. The van der Waals surface area contributed by atoms with Crippen molar-refractivity contribution >= 4 is 45.2 Å². The highest BCUT2D eigenvalue weighted by atomic mass is 15.1. The molecule has 0 saturated heterocycles. The fraction of sp³-hybridized carbons (Fsp3) is 0.161. The summed E-state index contributed by atoms with van der Waals surface area (Å²) in [6.07, 6.45) is 32.0. The Bertz CT molecular complexity index is 3280. The van der Waals surface area contributed by atoms with Crippen LogP contribution in [0.15, 0.2) is 200 Å². The molecule has 0 fully saturated rings. The van der Waals surface area contributed by atoms with Gasteiger partial charge in [0.1, 0.15) is 0 Å². The molecular formula is C62H50N2. The maximum absolute atomic E-state index is 2.59. The van der Waals surface area contributed by atoms with Gasteiger partial charge in [-0.25, -0.2) is 0 Å². The smallest absolute Gasteiger partial charge is 0.0689 e. The number of fused-ring (bicyclic) bond motifs is 12. The Morgan fingerprint density at radius 1 is 0.547 bits per heavy atom. The Labute approximate surface area is 376 Å². The van der Waals surface area contributed by atoms with Crippen molar-refractivity contribution in [3.8, 4) is 22.3 Å². The molecule has 2 unspecified atom stereocenters. The van der Waals surface area contributed by atoms with Crippen molar-refractivity contribution in [2.75, 3.05) is 4.90 Å². The number of hydrogen-bond donors (Lipinski definition) is 0. The van der Waals surface area contributed by atoms with Crippen LogP contribution in [0, 0.1) is 5.92 Å². The first-order valence-electron chi connectivity index (χ1n) is 23.5. The van der Waals surface area contributed by atoms with Crippen LogP contribution < -0.4 is 4.90 Å². The van der Waals surface area contributed by atoms with Crippen LogP contribution in [0.2, 0.25) is 0 Å². The molecule has 2 nitrogen and oxygen atoms in total. The van der Waals surface area contributed by atoms with Crippen molar-refractivity contribution in [3.63, 3.8) is 0 Å². The van der Waals surface area contributed by atoms with Crippen molar-refractivity contribution in [1.82, 2.24) is 4.57 Å². The Morgan fingerprint density at radius 3 is 2.02 bits per heavy atom. The second-order valence-electron chi connectivity index (χ2n) is 18.5. The predicted molar refractivity (Wildman–Crippen MR) is 269 cm³/mol. The highest BCUT2D eigenvalue weighted by molar-refractivity contribution is 5.98. The maximum atomic E-state index is 2.59. The van der Waals surface area contributed by atoms with Crippen LogP contribution in [0.5, 0.6) is 0 Å². The lowest BCUT2D eigenvalue weighted by atomic mass is 9.68. The number of aromatic nitrogens is 1. The summed E-state index contributed by atoms with van der Waals surface area (Å²) in [6.45, 7) is 2.34. The van der Waals surface area contributed by atoms with Gasteiger partial charge in [0.2, 0.25) is 0 Å². The topological polar surface area (TPSA) is 8.17 Å². The second kappa shape index (κ2) is 14.7. The van der Waals surface area contributed by atoms with Crippen molar-refractivity contribution in [2.24, 2.45) is 5.92 Å². The Kier molecular flexibility index (Phi) is 8.60. The number of nitrogens with zero attached hydrogens (tertiary/aromatic N) is 2. The molecule has 0 saturated carbocycles. The van der Waals surface area contributed by atoms with Gasteiger partial charge in [0.05, 0.1) is 11.5 Å². The van der Waals surface area contributed by atoms with Gasteiger partial charge in [0.15, 0.2) is 0 Å². The summed E-state index contributed by atoms with van der Waals surface area (Å²) in [7, 11) is 0. The average Bonchev–Trinajstić information content (AvgIpc) is 3.96. The predicted octanol–water partition coefficient (Wildman–Crippen LogP) is 16.2. The lowest BCUT2D eigenvalue weighted by Crippen LogP contribution is -2.28. The van der Waals surface area contributed by atoms with E-state index in [1.54, 1.807) is 5.57 Å². The second-order valence-corrected chi connectivity index (χ2v) is 18.5. The third-order valence-corrected chi connectivity index (χ3v) is 15.1. The molecule has 0 radical (unpaired) electrons. The molecule has 0 amide bonds. The van der Waals surface area contributed by atoms with Crippen LogP contribution >= 0.6 is 0 Å². The molecular weight excluding hydrogens is 773 g/mol. The standard InChI is InChI=1S/C62H50N2/c1-41-15-5-13-25-59(41)64-60-26-14-9-21-53(60)54-39-45(31-38-61(54)64)44-29-34-47(35-30-44)63(46-32-27-43(28-33-46)42-16-3-2-4-17-42)48-36-37-52-51-20-8-12-24-57(51)62(58(52)40-48)55-22-10-6-18-49(55)50-19-7-11-23-56(50)62/h3,5-8,10,12-20,22,24-41,59H,2,4,9,11,21,23H2,1H3/t41?,59?,62-/m1/s1. The van der Waals surface area contributed by atoms with E-state index in [1.807, 2.05) is 0 Å². The molecule has 1 spiro atoms. The molecule has 0 N–H and O–H groups in total. The lowest BCUT2D eigenvalue weighted by molar-refractivity contribution is 0.495. The van der Waals surface area contributed by atoms with Crippen LogP contribution in [0.3, 0.4) is 0 Å². The molecule has 3 atom stereocenters. The summed E-state index contributed by atoms with van der Waals surface area (Å²) in [5.74, 6) is 0.437. The van der Waals surface area contributed by atoms with E-state index in [0.29, 0.717) is 12.0 Å². The average molecular weight is 823 g/mol. The zero-order valence-corrected chi connectivity index (χ0v) is 36.3. The van der Waals surface area contributed by atoms with E-state index in [1.165, 1.54) is 89.1 Å². The van der Waals surface area contributed by atoms with Gasteiger partial charge in [-0.1, -0.05) is 153 Å². The lowest BCUT2D eigenvalue weighted by Gasteiger charge is -2.34. The van der Waals surface area contributed by atoms with Crippen molar-refractivity contribution in [1.29, 1.82) is 0 Å². The first kappa shape index (κ1) is 37.4. The third kappa shape index (κ3) is 5.51. The van der Waals surface area contributed by atoms with E-state index >= 15 is 0 Å². The van der Waals surface area contributed by atoms with Gasteiger partial charge in [-0.3, -0.25) is 0 Å². The summed E-state index contributed by atoms with van der Waals surface area (Å²) in [5, 5.41) is 1.38. The van der Waals surface area contributed by atoms with Crippen molar-refractivity contribution < 1.29 is 0 Å². The van der Waals surface area contributed by atoms with Crippen LogP contribution in [-0.2, 0) is 11.8 Å². The molecule has 13 rings (SSSR count). The van der Waals surface area contributed by atoms with Crippen LogP contribution in [0.25, 0.3) is 50.4 Å². The minimum absolute atomic E-state index is 0.310. The van der Waals surface area contributed by atoms with Gasteiger partial charge in [-0.15, -0.1) is 0 Å². The van der Waals surface area contributed by atoms with E-state index in [4.69, 9.17) is 0 Å². The first-order valence-corrected chi connectivity index (χ1v) is 23.5. The molecule has 0 aliphatic heterocycles. The number of rotatable bonds is 6. The van der Waals surface area contributed by atoms with E-state index < -0.39 is 0 Å². The fourth-order valence-corrected chi connectivity index (χ4v) is 12.2. The highest BCUT2D eigenvalue weighted by Crippen LogP contribution is 2.64. The zero-order chi connectivity index (χ0) is 42.4. The molecule has 64 heavy (non-hydrogen) atoms. The van der Waals surface area contributed by atoms with Crippen LogP contribution in [0.1, 0.15) is 84.1 Å². The molecule has 1 heterocycles. The van der Waals surface area contributed by atoms with E-state index in [9.17, 15) is 0 Å². The number of hydrogen-bond acceptors (Lipinski definition) is 1. The SMILES string of the molecule is CC1C=CC=CC1n1c2c(c3cc(-c4ccc(N(c5ccc(C6=CCCC=C6)cc5)c5ccc6c(c5)[C@]5(C7=C(C=CCC7)c7ccccc75)c5ccccc5-6)cc4)ccc31)CCC=C2. The third-order valence-electron chi connectivity index (χ3n) is 15.1. The summed E-state index contributed by atoms with van der Waals surface area (Å²) < 4.78 is 2.59. The van der Waals surface area contributed by atoms with Crippen LogP contribution in [0.4, 0.5) is 17.1 Å². The normalized spacial score (nSPS) is 20.9. The molecule has 1 aromatic heterocycles. The van der Waals surface area contributed by atoms with Gasteiger partial charge in [-0.05, 0) is 171 Å². The maximum Gasteiger partial charge on any atom is 0.0689 e. The minimum Gasteiger partial charge on any atom is -0.333 e. The molecule has 2 heteroatoms. The Morgan fingerprint density at radius 2 is 1.22 bits per heavy atom. The number of aryl methyl sites for hydroxylation is 1. The Balaban J connectivity index is 0.948.